The predicted molar refractivity (Wildman–Crippen MR) is 455 cm³/mol. The van der Waals surface area contributed by atoms with Crippen molar-refractivity contribution in [3.63, 3.8) is 0 Å². The van der Waals surface area contributed by atoms with E-state index in [4.69, 9.17) is 64.4 Å². The van der Waals surface area contributed by atoms with E-state index in [0.717, 1.165) is 73.6 Å². The summed E-state index contributed by atoms with van der Waals surface area (Å²) in [4.78, 5) is 14.5. The molecular formula is C93H77F2N6O17P3. The Morgan fingerprint density at radius 2 is 0.463 bits per heavy atom. The molecule has 23 nitrogen and oxygen atoms in total. The van der Waals surface area contributed by atoms with Crippen LogP contribution in [0.1, 0.15) is 27.8 Å². The van der Waals surface area contributed by atoms with Crippen LogP contribution in [0.15, 0.2) is 346 Å². The molecule has 5 aliphatic rings. The summed E-state index contributed by atoms with van der Waals surface area (Å²) in [5.41, 5.74) is 7.90. The third-order valence-electron chi connectivity index (χ3n) is 19.4. The number of phosphoric ester groups is 3. The Morgan fingerprint density at radius 1 is 0.240 bits per heavy atom. The Kier molecular flexibility index (Phi) is 23.8. The van der Waals surface area contributed by atoms with Gasteiger partial charge in [0.25, 0.3) is 0 Å². The molecule has 0 N–H and O–H groups in total. The van der Waals surface area contributed by atoms with Gasteiger partial charge in [0.15, 0.2) is 33.7 Å². The van der Waals surface area contributed by atoms with Crippen molar-refractivity contribution in [2.24, 2.45) is 0 Å². The van der Waals surface area contributed by atoms with Crippen LogP contribution < -0.4 is 88.9 Å². The van der Waals surface area contributed by atoms with Gasteiger partial charge in [-0.05, 0) is 224 Å². The molecule has 0 radical (unpaired) electrons. The third-order valence-corrected chi connectivity index (χ3v) is 23.3. The standard InChI is InChI=1S/C34H27F2N2O6P.C34H29N2O6P.C25H21N2O5P/c35-26-6-10-28(11-7-26)37-20-24-18-31(14-16-33(24)40-22-37)43-45(39,42-30-4-2-1-3-5-30)44-32-15-17-34-25(19-32)21-38(23-41-34)29-12-8-27(36)9-13-29;37-43(40-30-14-8-3-9-15-30,41-31-16-18-33-26(20-31)22-35(24-38-33)28-10-4-1-5-11-28)42-32-17-19-34-27(21-32)23-36(25-39-34)29-12-6-2-7-13-29;28-33(30-21-9-3-1-4-10-21,31-22-11-5-2-6-12-22)32-23-14-15-24-20(17-23)18-27(19-29-24)25-13-7-8-16-26-25/h1-19H,20-23H2;1-21H,22-25H2;1-17H,18-19H2. The Morgan fingerprint density at radius 3 is 0.719 bits per heavy atom. The van der Waals surface area contributed by atoms with E-state index in [0.29, 0.717) is 105 Å². The molecule has 13 aromatic carbocycles. The molecule has 19 rings (SSSR count). The Balaban J connectivity index is 0.000000131. The molecule has 6 heterocycles. The van der Waals surface area contributed by atoms with Crippen molar-refractivity contribution in [3.8, 4) is 80.5 Å². The minimum absolute atomic E-state index is 0.251. The number of para-hydroxylation sites is 6. The van der Waals surface area contributed by atoms with E-state index in [1.54, 1.807) is 194 Å². The third kappa shape index (κ3) is 20.3. The summed E-state index contributed by atoms with van der Waals surface area (Å²) in [5.74, 6) is 6.63. The van der Waals surface area contributed by atoms with Crippen LogP contribution in [-0.2, 0) is 46.4 Å². The summed E-state index contributed by atoms with van der Waals surface area (Å²) in [6.45, 7) is 4.50. The molecule has 0 spiro atoms. The molecule has 0 aliphatic carbocycles. The zero-order valence-corrected chi connectivity index (χ0v) is 67.4. The number of ether oxygens (including phenoxy) is 5. The second-order valence-corrected chi connectivity index (χ2v) is 32.3. The molecule has 0 bridgehead atoms. The number of fused-ring (bicyclic) bond motifs is 5. The van der Waals surface area contributed by atoms with E-state index in [9.17, 15) is 22.5 Å². The monoisotopic (exact) mass is 1680 g/mol. The van der Waals surface area contributed by atoms with Gasteiger partial charge in [-0.2, -0.15) is 13.7 Å². The van der Waals surface area contributed by atoms with Crippen molar-refractivity contribution in [2.45, 2.75) is 32.7 Å². The van der Waals surface area contributed by atoms with Gasteiger partial charge in [0.2, 0.25) is 0 Å². The number of nitrogens with zero attached hydrogens (tertiary/aromatic N) is 6. The highest BCUT2D eigenvalue weighted by atomic mass is 31.2. The summed E-state index contributed by atoms with van der Waals surface area (Å²) in [7, 11) is -12.6. The smallest absolute Gasteiger partial charge is 0.473 e. The molecule has 0 fully saturated rings. The minimum atomic E-state index is -4.31. The molecule has 610 valence electrons. The maximum absolute atomic E-state index is 14.3. The lowest BCUT2D eigenvalue weighted by Crippen LogP contribution is -2.32. The van der Waals surface area contributed by atoms with Crippen molar-refractivity contribution in [2.75, 3.05) is 58.2 Å². The first kappa shape index (κ1) is 79.2. The maximum atomic E-state index is 14.3. The molecule has 14 aromatic rings. The van der Waals surface area contributed by atoms with Crippen LogP contribution in [0.5, 0.6) is 80.5 Å². The number of phosphoric acid groups is 3. The van der Waals surface area contributed by atoms with Crippen molar-refractivity contribution in [1.82, 2.24) is 4.98 Å². The molecule has 0 atom stereocenters. The molecule has 28 heteroatoms. The summed E-state index contributed by atoms with van der Waals surface area (Å²) >= 11 is 0. The molecule has 121 heavy (non-hydrogen) atoms. The zero-order chi connectivity index (χ0) is 82.4. The summed E-state index contributed by atoms with van der Waals surface area (Å²) in [5, 5.41) is 0. The highest BCUT2D eigenvalue weighted by Gasteiger charge is 2.38. The van der Waals surface area contributed by atoms with Gasteiger partial charge in [0.1, 0.15) is 97.9 Å². The lowest BCUT2D eigenvalue weighted by Gasteiger charge is -2.31. The fraction of sp³-hybridized carbons (Fsp3) is 0.108. The van der Waals surface area contributed by atoms with E-state index in [-0.39, 0.29) is 36.6 Å². The van der Waals surface area contributed by atoms with E-state index in [2.05, 4.69) is 14.8 Å². The average molecular weight is 1680 g/mol. The first-order valence-corrected chi connectivity index (χ1v) is 42.9. The number of benzene rings is 13. The van der Waals surface area contributed by atoms with Gasteiger partial charge >= 0.3 is 23.5 Å². The Hall–Kier alpha value is -14.2. The summed E-state index contributed by atoms with van der Waals surface area (Å²) in [6.07, 6.45) is 1.74. The fourth-order valence-electron chi connectivity index (χ4n) is 13.6. The van der Waals surface area contributed by atoms with Crippen LogP contribution in [0.4, 0.5) is 37.3 Å². The van der Waals surface area contributed by atoms with Crippen molar-refractivity contribution in [3.05, 3.63) is 385 Å². The van der Waals surface area contributed by atoms with E-state index in [1.807, 2.05) is 142 Å². The molecule has 0 saturated heterocycles. The lowest BCUT2D eigenvalue weighted by atomic mass is 10.1. The van der Waals surface area contributed by atoms with Crippen LogP contribution in [0.3, 0.4) is 0 Å². The van der Waals surface area contributed by atoms with Crippen LogP contribution in [0.25, 0.3) is 0 Å². The van der Waals surface area contributed by atoms with Gasteiger partial charge in [0, 0.05) is 82.9 Å². The van der Waals surface area contributed by atoms with Gasteiger partial charge in [-0.3, -0.25) is 0 Å². The first-order valence-electron chi connectivity index (χ1n) is 38.5. The van der Waals surface area contributed by atoms with Gasteiger partial charge in [-0.1, -0.05) is 115 Å². The van der Waals surface area contributed by atoms with Crippen LogP contribution in [0.2, 0.25) is 0 Å². The molecule has 0 amide bonds. The number of rotatable bonds is 23. The first-order chi connectivity index (χ1) is 59.2. The largest absolute Gasteiger partial charge is 0.647 e. The van der Waals surface area contributed by atoms with Crippen molar-refractivity contribution >= 4 is 52.0 Å². The van der Waals surface area contributed by atoms with Crippen LogP contribution in [0, 0.1) is 11.6 Å². The van der Waals surface area contributed by atoms with Crippen LogP contribution >= 0.6 is 23.5 Å². The number of halogens is 2. The molecule has 1 aromatic heterocycles. The maximum Gasteiger partial charge on any atom is 0.647 e. The number of hydrogen-bond acceptors (Lipinski definition) is 23. The summed E-state index contributed by atoms with van der Waals surface area (Å²) in [6, 6.07) is 99.2. The van der Waals surface area contributed by atoms with Crippen molar-refractivity contribution < 1.29 is 86.9 Å². The molecule has 5 aliphatic heterocycles. The Labute approximate surface area is 696 Å². The van der Waals surface area contributed by atoms with Crippen LogP contribution in [-0.4, -0.2) is 38.6 Å². The second-order valence-electron chi connectivity index (χ2n) is 27.9. The predicted octanol–water partition coefficient (Wildman–Crippen LogP) is 22.5. The normalized spacial score (nSPS) is 13.7. The average Bonchev–Trinajstić information content (AvgIpc) is 0.784. The lowest BCUT2D eigenvalue weighted by molar-refractivity contribution is 0.282. The Bertz CT molecular complexity index is 5760. The highest BCUT2D eigenvalue weighted by molar-refractivity contribution is 7.50. The van der Waals surface area contributed by atoms with E-state index in [1.165, 1.54) is 24.3 Å². The second kappa shape index (κ2) is 36.3. The quantitative estimate of drug-likeness (QED) is 0.0545. The van der Waals surface area contributed by atoms with E-state index < -0.39 is 23.5 Å². The number of anilines is 5. The minimum Gasteiger partial charge on any atom is -0.473 e. The van der Waals surface area contributed by atoms with E-state index >= 15 is 0 Å². The molecule has 0 unspecified atom stereocenters. The fourth-order valence-corrected chi connectivity index (χ4v) is 17.3. The highest BCUT2D eigenvalue weighted by Crippen LogP contribution is 2.55. The zero-order valence-electron chi connectivity index (χ0n) is 64.7. The van der Waals surface area contributed by atoms with Crippen molar-refractivity contribution in [1.29, 1.82) is 0 Å². The number of pyridine rings is 1. The van der Waals surface area contributed by atoms with Gasteiger partial charge in [-0.15, -0.1) is 0 Å². The van der Waals surface area contributed by atoms with Gasteiger partial charge in [0.05, 0.1) is 6.54 Å². The van der Waals surface area contributed by atoms with Gasteiger partial charge < -0.3 is 88.9 Å². The van der Waals surface area contributed by atoms with Gasteiger partial charge in [-0.25, -0.2) is 13.8 Å². The topological polar surface area (TPSA) is 210 Å². The molecular weight excluding hydrogens is 1600 g/mol. The SMILES string of the molecule is O=P(Oc1ccccc1)(Oc1ccc2c(c1)CN(c1ccc(F)cc1)CO2)Oc1ccc2c(c1)CN(c1ccc(F)cc1)CO2.O=P(Oc1ccccc1)(Oc1ccc2c(c1)CN(c1ccccc1)CO2)Oc1ccc2c(c1)CN(c1ccccc1)CO2.O=P(Oc1ccccc1)(Oc1ccccc1)Oc1ccc2c(c1)CN(c1ccccn1)CO2. The summed E-state index contributed by atoms with van der Waals surface area (Å²) < 4.78 is 152. The number of aromatic nitrogens is 1. The molecule has 0 saturated carbocycles. The number of hydrogen-bond donors (Lipinski definition) is 0.